The quantitative estimate of drug-likeness (QED) is 0.592. The number of aryl methyl sites for hydroxylation is 1. The number of nitrogens with one attached hydrogen (secondary N) is 1. The monoisotopic (exact) mass is 403 g/mol. The van der Waals surface area contributed by atoms with Crippen molar-refractivity contribution in [1.82, 2.24) is 19.1 Å². The van der Waals surface area contributed by atoms with Crippen LogP contribution >= 0.6 is 0 Å². The third-order valence-electron chi connectivity index (χ3n) is 5.10. The van der Waals surface area contributed by atoms with Gasteiger partial charge in [0, 0.05) is 52.7 Å². The number of guanidine groups is 1. The second-order valence-corrected chi connectivity index (χ2v) is 9.06. The average molecular weight is 404 g/mol. The zero-order valence-corrected chi connectivity index (χ0v) is 17.6. The number of benzene rings is 1. The van der Waals surface area contributed by atoms with E-state index in [9.17, 15) is 8.42 Å². The SMILES string of the molecule is CN=C(NCc1ccc(S(=O)(=O)N2CCCC2)cc1)N(C)Cc1cccn1C. The lowest BCUT2D eigenvalue weighted by atomic mass is 10.2. The highest BCUT2D eigenvalue weighted by Crippen LogP contribution is 2.21. The van der Waals surface area contributed by atoms with E-state index in [0.29, 0.717) is 24.5 Å². The van der Waals surface area contributed by atoms with E-state index in [1.54, 1.807) is 23.5 Å². The summed E-state index contributed by atoms with van der Waals surface area (Å²) >= 11 is 0. The maximum Gasteiger partial charge on any atom is 0.243 e. The van der Waals surface area contributed by atoms with Crippen LogP contribution in [-0.4, -0.2) is 55.3 Å². The molecule has 1 saturated heterocycles. The van der Waals surface area contributed by atoms with Crippen molar-refractivity contribution in [3.63, 3.8) is 0 Å². The molecule has 1 aliphatic heterocycles. The van der Waals surface area contributed by atoms with Crippen LogP contribution in [0.1, 0.15) is 24.1 Å². The number of nitrogens with zero attached hydrogens (tertiary/aromatic N) is 4. The summed E-state index contributed by atoms with van der Waals surface area (Å²) in [4.78, 5) is 6.76. The van der Waals surface area contributed by atoms with Gasteiger partial charge in [-0.05, 0) is 42.7 Å². The first kappa shape index (κ1) is 20.4. The predicted molar refractivity (Wildman–Crippen MR) is 112 cm³/mol. The van der Waals surface area contributed by atoms with Crippen molar-refractivity contribution in [2.45, 2.75) is 30.8 Å². The topological polar surface area (TPSA) is 69.9 Å². The third kappa shape index (κ3) is 4.56. The van der Waals surface area contributed by atoms with Crippen molar-refractivity contribution >= 4 is 16.0 Å². The van der Waals surface area contributed by atoms with Gasteiger partial charge in [-0.2, -0.15) is 4.31 Å². The van der Waals surface area contributed by atoms with E-state index in [-0.39, 0.29) is 0 Å². The van der Waals surface area contributed by atoms with E-state index in [0.717, 1.165) is 30.9 Å². The molecule has 1 aromatic carbocycles. The molecule has 2 heterocycles. The van der Waals surface area contributed by atoms with Crippen molar-refractivity contribution in [3.05, 3.63) is 53.9 Å². The molecule has 1 aromatic heterocycles. The van der Waals surface area contributed by atoms with Crippen LogP contribution in [0.5, 0.6) is 0 Å². The molecule has 0 saturated carbocycles. The molecule has 8 heteroatoms. The summed E-state index contributed by atoms with van der Waals surface area (Å²) in [5.41, 5.74) is 2.20. The Morgan fingerprint density at radius 2 is 1.86 bits per heavy atom. The minimum Gasteiger partial charge on any atom is -0.353 e. The smallest absolute Gasteiger partial charge is 0.243 e. The Labute approximate surface area is 167 Å². The summed E-state index contributed by atoms with van der Waals surface area (Å²) in [6, 6.07) is 11.2. The molecule has 1 N–H and O–H groups in total. The molecule has 0 unspecified atom stereocenters. The molecule has 0 radical (unpaired) electrons. The number of hydrogen-bond donors (Lipinski definition) is 1. The minimum absolute atomic E-state index is 0.364. The van der Waals surface area contributed by atoms with E-state index in [1.165, 1.54) is 5.69 Å². The highest BCUT2D eigenvalue weighted by molar-refractivity contribution is 7.89. The Hall–Kier alpha value is -2.32. The minimum atomic E-state index is -3.36. The molecule has 152 valence electrons. The maximum absolute atomic E-state index is 12.6. The number of aromatic nitrogens is 1. The van der Waals surface area contributed by atoms with Gasteiger partial charge in [0.05, 0.1) is 11.4 Å². The first-order valence-electron chi connectivity index (χ1n) is 9.53. The zero-order valence-electron chi connectivity index (χ0n) is 16.8. The molecule has 0 amide bonds. The normalized spacial score (nSPS) is 15.8. The average Bonchev–Trinajstić information content (AvgIpc) is 3.36. The molecule has 1 aliphatic rings. The number of sulfonamides is 1. The first-order valence-corrected chi connectivity index (χ1v) is 11.0. The zero-order chi connectivity index (χ0) is 20.1. The van der Waals surface area contributed by atoms with Crippen LogP contribution in [0.25, 0.3) is 0 Å². The fraction of sp³-hybridized carbons (Fsp3) is 0.450. The van der Waals surface area contributed by atoms with Gasteiger partial charge in [-0.15, -0.1) is 0 Å². The molecule has 3 rings (SSSR count). The first-order chi connectivity index (χ1) is 13.4. The molecule has 0 bridgehead atoms. The van der Waals surface area contributed by atoms with Gasteiger partial charge in [0.25, 0.3) is 0 Å². The number of rotatable bonds is 6. The van der Waals surface area contributed by atoms with E-state index in [1.807, 2.05) is 38.5 Å². The number of aliphatic imine (C=N–C) groups is 1. The van der Waals surface area contributed by atoms with Crippen LogP contribution in [0.3, 0.4) is 0 Å². The van der Waals surface area contributed by atoms with Crippen LogP contribution in [0.4, 0.5) is 0 Å². The lowest BCUT2D eigenvalue weighted by Gasteiger charge is -2.22. The van der Waals surface area contributed by atoms with Gasteiger partial charge in [-0.3, -0.25) is 4.99 Å². The summed E-state index contributed by atoms with van der Waals surface area (Å²) in [7, 11) is 2.42. The van der Waals surface area contributed by atoms with E-state index >= 15 is 0 Å². The van der Waals surface area contributed by atoms with Crippen LogP contribution in [-0.2, 0) is 30.2 Å². The second-order valence-electron chi connectivity index (χ2n) is 7.12. The lowest BCUT2D eigenvalue weighted by molar-refractivity contribution is 0.461. The van der Waals surface area contributed by atoms with Crippen molar-refractivity contribution in [3.8, 4) is 0 Å². The summed E-state index contributed by atoms with van der Waals surface area (Å²) in [6.45, 7) is 2.56. The summed E-state index contributed by atoms with van der Waals surface area (Å²) in [5, 5.41) is 3.34. The Bertz CT molecular complexity index is 912. The molecule has 2 aromatic rings. The molecular formula is C20H29N5O2S. The lowest BCUT2D eigenvalue weighted by Crippen LogP contribution is -2.38. The standard InChI is InChI=1S/C20H29N5O2S/c1-21-20(24(3)16-18-7-6-12-23(18)2)22-15-17-8-10-19(11-9-17)28(26,27)25-13-4-5-14-25/h6-12H,4-5,13-16H2,1-3H3,(H,21,22). The van der Waals surface area contributed by atoms with E-state index < -0.39 is 10.0 Å². The maximum atomic E-state index is 12.6. The van der Waals surface area contributed by atoms with Crippen molar-refractivity contribution in [2.75, 3.05) is 27.2 Å². The Balaban J connectivity index is 1.59. The Kier molecular flexibility index (Phi) is 6.41. The van der Waals surface area contributed by atoms with Gasteiger partial charge in [-0.1, -0.05) is 12.1 Å². The van der Waals surface area contributed by atoms with Crippen molar-refractivity contribution in [2.24, 2.45) is 12.0 Å². The Morgan fingerprint density at radius 3 is 2.43 bits per heavy atom. The Morgan fingerprint density at radius 1 is 1.18 bits per heavy atom. The highest BCUT2D eigenvalue weighted by atomic mass is 32.2. The summed E-state index contributed by atoms with van der Waals surface area (Å²) < 4.78 is 28.9. The predicted octanol–water partition coefficient (Wildman–Crippen LogP) is 2.02. The van der Waals surface area contributed by atoms with Crippen LogP contribution in [0, 0.1) is 0 Å². The second kappa shape index (κ2) is 8.79. The van der Waals surface area contributed by atoms with Gasteiger partial charge in [0.15, 0.2) is 5.96 Å². The molecule has 0 atom stereocenters. The molecule has 28 heavy (non-hydrogen) atoms. The van der Waals surface area contributed by atoms with E-state index in [4.69, 9.17) is 0 Å². The van der Waals surface area contributed by atoms with Crippen LogP contribution < -0.4 is 5.32 Å². The molecule has 0 spiro atoms. The fourth-order valence-electron chi connectivity index (χ4n) is 3.40. The van der Waals surface area contributed by atoms with Gasteiger partial charge in [0.1, 0.15) is 0 Å². The van der Waals surface area contributed by atoms with E-state index in [2.05, 4.69) is 25.8 Å². The summed E-state index contributed by atoms with van der Waals surface area (Å²) in [6.07, 6.45) is 3.91. The molecule has 0 aliphatic carbocycles. The highest BCUT2D eigenvalue weighted by Gasteiger charge is 2.26. The van der Waals surface area contributed by atoms with Crippen molar-refractivity contribution in [1.29, 1.82) is 0 Å². The molecular weight excluding hydrogens is 374 g/mol. The molecule has 7 nitrogen and oxygen atoms in total. The van der Waals surface area contributed by atoms with Gasteiger partial charge >= 0.3 is 0 Å². The molecule has 1 fully saturated rings. The van der Waals surface area contributed by atoms with Gasteiger partial charge in [-0.25, -0.2) is 8.42 Å². The summed E-state index contributed by atoms with van der Waals surface area (Å²) in [5.74, 6) is 0.787. The van der Waals surface area contributed by atoms with Gasteiger partial charge < -0.3 is 14.8 Å². The fourth-order valence-corrected chi connectivity index (χ4v) is 4.92. The van der Waals surface area contributed by atoms with Crippen LogP contribution in [0.2, 0.25) is 0 Å². The van der Waals surface area contributed by atoms with Gasteiger partial charge in [0.2, 0.25) is 10.0 Å². The largest absolute Gasteiger partial charge is 0.353 e. The number of hydrogen-bond acceptors (Lipinski definition) is 3. The van der Waals surface area contributed by atoms with Crippen LogP contribution in [0.15, 0.2) is 52.5 Å². The van der Waals surface area contributed by atoms with Crippen molar-refractivity contribution < 1.29 is 8.42 Å². The third-order valence-corrected chi connectivity index (χ3v) is 7.01.